The van der Waals surface area contributed by atoms with Crippen molar-refractivity contribution in [1.29, 1.82) is 0 Å². The Hall–Kier alpha value is -3.19. The Bertz CT molecular complexity index is 1070. The van der Waals surface area contributed by atoms with Crippen molar-refractivity contribution in [2.75, 3.05) is 16.8 Å². The van der Waals surface area contributed by atoms with Crippen molar-refractivity contribution < 1.29 is 23.9 Å². The van der Waals surface area contributed by atoms with E-state index < -0.39 is 18.5 Å². The average molecular weight is 455 g/mol. The van der Waals surface area contributed by atoms with E-state index in [1.165, 1.54) is 17.0 Å². The minimum atomic E-state index is -0.719. The fraction of sp³-hybridized carbons (Fsp3) is 0.333. The fourth-order valence-corrected chi connectivity index (χ4v) is 4.49. The normalized spacial score (nSPS) is 22.4. The van der Waals surface area contributed by atoms with Gasteiger partial charge in [0.1, 0.15) is 0 Å². The Balaban J connectivity index is 1.41. The molecule has 0 spiro atoms. The Kier molecular flexibility index (Phi) is 6.28. The van der Waals surface area contributed by atoms with E-state index in [9.17, 15) is 19.2 Å². The summed E-state index contributed by atoms with van der Waals surface area (Å²) in [7, 11) is 0. The molecule has 2 aromatic carbocycles. The van der Waals surface area contributed by atoms with E-state index in [0.29, 0.717) is 35.2 Å². The Morgan fingerprint density at radius 1 is 1.06 bits per heavy atom. The van der Waals surface area contributed by atoms with Crippen molar-refractivity contribution in [1.82, 2.24) is 0 Å². The number of imide groups is 1. The van der Waals surface area contributed by atoms with E-state index in [1.54, 1.807) is 36.4 Å². The molecule has 1 N–H and O–H groups in total. The summed E-state index contributed by atoms with van der Waals surface area (Å²) in [6.07, 6.45) is 2.34. The standard InChI is InChI=1S/C24H23ClN2O5/c1-14-5-10-19-20(11-14)23(30)27(22(19)29)18-4-2-3-15(12-18)24(31)32-13-21(28)26-17-8-6-16(25)7-9-17/h2-4,6-9,12,14,19-20H,5,10-11,13H2,1H3,(H,26,28)/t14-,19-,20+/m1/s1. The monoisotopic (exact) mass is 454 g/mol. The number of carbonyl (C=O) groups is 4. The molecule has 3 atom stereocenters. The first-order valence-corrected chi connectivity index (χ1v) is 10.9. The average Bonchev–Trinajstić information content (AvgIpc) is 3.03. The summed E-state index contributed by atoms with van der Waals surface area (Å²) in [5, 5.41) is 3.14. The van der Waals surface area contributed by atoms with Gasteiger partial charge in [-0.3, -0.25) is 19.3 Å². The topological polar surface area (TPSA) is 92.8 Å². The molecular formula is C24H23ClN2O5. The van der Waals surface area contributed by atoms with Gasteiger partial charge in [-0.25, -0.2) is 4.79 Å². The van der Waals surface area contributed by atoms with Gasteiger partial charge in [-0.1, -0.05) is 24.6 Å². The first kappa shape index (κ1) is 22.0. The van der Waals surface area contributed by atoms with Gasteiger partial charge in [0.25, 0.3) is 5.91 Å². The lowest BCUT2D eigenvalue weighted by Crippen LogP contribution is -2.31. The third kappa shape index (κ3) is 4.53. The van der Waals surface area contributed by atoms with E-state index in [2.05, 4.69) is 12.2 Å². The van der Waals surface area contributed by atoms with Crippen LogP contribution < -0.4 is 10.2 Å². The van der Waals surface area contributed by atoms with Gasteiger partial charge in [0.15, 0.2) is 6.61 Å². The van der Waals surface area contributed by atoms with Gasteiger partial charge in [0, 0.05) is 10.7 Å². The lowest BCUT2D eigenvalue weighted by atomic mass is 9.76. The molecule has 2 aliphatic rings. The number of halogens is 1. The number of benzene rings is 2. The minimum Gasteiger partial charge on any atom is -0.452 e. The van der Waals surface area contributed by atoms with Gasteiger partial charge < -0.3 is 10.1 Å². The van der Waals surface area contributed by atoms with Crippen LogP contribution in [0.1, 0.15) is 36.5 Å². The molecule has 32 heavy (non-hydrogen) atoms. The Morgan fingerprint density at radius 3 is 2.53 bits per heavy atom. The van der Waals surface area contributed by atoms with Crippen LogP contribution in [0.25, 0.3) is 0 Å². The van der Waals surface area contributed by atoms with Gasteiger partial charge in [0.05, 0.1) is 23.1 Å². The SMILES string of the molecule is C[C@@H]1CC[C@H]2C(=O)N(c3cccc(C(=O)OCC(=O)Nc4ccc(Cl)cc4)c3)C(=O)[C@H]2C1. The molecule has 1 heterocycles. The number of amides is 3. The molecule has 2 aromatic rings. The second kappa shape index (κ2) is 9.12. The largest absolute Gasteiger partial charge is 0.452 e. The van der Waals surface area contributed by atoms with Crippen molar-refractivity contribution in [2.45, 2.75) is 26.2 Å². The molecule has 0 radical (unpaired) electrons. The lowest BCUT2D eigenvalue weighted by Gasteiger charge is -2.25. The number of nitrogens with zero attached hydrogens (tertiary/aromatic N) is 1. The second-order valence-electron chi connectivity index (χ2n) is 8.32. The van der Waals surface area contributed by atoms with Crippen LogP contribution in [0.5, 0.6) is 0 Å². The molecule has 7 nitrogen and oxygen atoms in total. The van der Waals surface area contributed by atoms with Gasteiger partial charge in [-0.05, 0) is 67.6 Å². The number of nitrogens with one attached hydrogen (secondary N) is 1. The lowest BCUT2D eigenvalue weighted by molar-refractivity contribution is -0.122. The summed E-state index contributed by atoms with van der Waals surface area (Å²) in [5.41, 5.74) is 1.03. The van der Waals surface area contributed by atoms with Crippen LogP contribution in [0.3, 0.4) is 0 Å². The summed E-state index contributed by atoms with van der Waals surface area (Å²) in [5.74, 6) is -1.81. The molecule has 1 saturated carbocycles. The van der Waals surface area contributed by atoms with Crippen LogP contribution in [-0.4, -0.2) is 30.3 Å². The Labute approximate surface area is 190 Å². The van der Waals surface area contributed by atoms with Crippen LogP contribution in [0.2, 0.25) is 5.02 Å². The summed E-state index contributed by atoms with van der Waals surface area (Å²) in [4.78, 5) is 51.5. The van der Waals surface area contributed by atoms with Gasteiger partial charge >= 0.3 is 5.97 Å². The highest BCUT2D eigenvalue weighted by Gasteiger charge is 2.50. The van der Waals surface area contributed by atoms with Crippen LogP contribution >= 0.6 is 11.6 Å². The smallest absolute Gasteiger partial charge is 0.338 e. The van der Waals surface area contributed by atoms with Crippen molar-refractivity contribution in [3.8, 4) is 0 Å². The number of rotatable bonds is 5. The van der Waals surface area contributed by atoms with Gasteiger partial charge in [0.2, 0.25) is 11.8 Å². The number of anilines is 2. The molecule has 1 aliphatic heterocycles. The third-order valence-electron chi connectivity index (χ3n) is 5.99. The molecule has 0 aromatic heterocycles. The van der Waals surface area contributed by atoms with Crippen molar-refractivity contribution in [3.63, 3.8) is 0 Å². The molecule has 2 fully saturated rings. The van der Waals surface area contributed by atoms with Crippen molar-refractivity contribution >= 4 is 46.7 Å². The van der Waals surface area contributed by atoms with Crippen molar-refractivity contribution in [2.24, 2.45) is 17.8 Å². The third-order valence-corrected chi connectivity index (χ3v) is 6.24. The molecule has 4 rings (SSSR count). The van der Waals surface area contributed by atoms with Crippen LogP contribution in [-0.2, 0) is 19.1 Å². The molecule has 8 heteroatoms. The highest BCUT2D eigenvalue weighted by atomic mass is 35.5. The summed E-state index contributed by atoms with van der Waals surface area (Å²) in [6.45, 7) is 1.62. The van der Waals surface area contributed by atoms with Crippen LogP contribution in [0, 0.1) is 17.8 Å². The van der Waals surface area contributed by atoms with Gasteiger partial charge in [-0.15, -0.1) is 0 Å². The minimum absolute atomic E-state index is 0.158. The quantitative estimate of drug-likeness (QED) is 0.543. The molecule has 0 unspecified atom stereocenters. The number of hydrogen-bond acceptors (Lipinski definition) is 5. The maximum atomic E-state index is 12.9. The number of ether oxygens (including phenoxy) is 1. The van der Waals surface area contributed by atoms with E-state index in [-0.39, 0.29) is 29.2 Å². The second-order valence-corrected chi connectivity index (χ2v) is 8.76. The summed E-state index contributed by atoms with van der Waals surface area (Å²) in [6, 6.07) is 12.7. The number of fused-ring (bicyclic) bond motifs is 1. The highest BCUT2D eigenvalue weighted by molar-refractivity contribution is 6.30. The van der Waals surface area contributed by atoms with Gasteiger partial charge in [-0.2, -0.15) is 0 Å². The maximum absolute atomic E-state index is 12.9. The van der Waals surface area contributed by atoms with E-state index >= 15 is 0 Å². The Morgan fingerprint density at radius 2 is 1.78 bits per heavy atom. The van der Waals surface area contributed by atoms with E-state index in [4.69, 9.17) is 16.3 Å². The highest BCUT2D eigenvalue weighted by Crippen LogP contribution is 2.42. The number of esters is 1. The molecular weight excluding hydrogens is 432 g/mol. The number of carbonyl (C=O) groups excluding carboxylic acids is 4. The predicted molar refractivity (Wildman–Crippen MR) is 119 cm³/mol. The number of hydrogen-bond donors (Lipinski definition) is 1. The summed E-state index contributed by atoms with van der Waals surface area (Å²) >= 11 is 5.81. The van der Waals surface area contributed by atoms with E-state index in [0.717, 1.165) is 6.42 Å². The first-order valence-electron chi connectivity index (χ1n) is 10.5. The van der Waals surface area contributed by atoms with Crippen molar-refractivity contribution in [3.05, 3.63) is 59.1 Å². The molecule has 0 bridgehead atoms. The predicted octanol–water partition coefficient (Wildman–Crippen LogP) is 4.06. The molecule has 1 saturated heterocycles. The first-order chi connectivity index (χ1) is 15.3. The summed E-state index contributed by atoms with van der Waals surface area (Å²) < 4.78 is 5.10. The molecule has 166 valence electrons. The molecule has 3 amide bonds. The fourth-order valence-electron chi connectivity index (χ4n) is 4.36. The zero-order valence-corrected chi connectivity index (χ0v) is 18.3. The van der Waals surface area contributed by atoms with E-state index in [1.807, 2.05) is 0 Å². The zero-order valence-electron chi connectivity index (χ0n) is 17.5. The van der Waals surface area contributed by atoms with Crippen LogP contribution in [0.4, 0.5) is 11.4 Å². The maximum Gasteiger partial charge on any atom is 0.338 e. The van der Waals surface area contributed by atoms with Crippen LogP contribution in [0.15, 0.2) is 48.5 Å². The molecule has 1 aliphatic carbocycles. The zero-order chi connectivity index (χ0) is 22.8.